The van der Waals surface area contributed by atoms with Crippen LogP contribution in [0.3, 0.4) is 0 Å². The van der Waals surface area contributed by atoms with E-state index >= 15 is 0 Å². The summed E-state index contributed by atoms with van der Waals surface area (Å²) in [5, 5.41) is 10.8. The molecule has 122 valence electrons. The molecule has 0 N–H and O–H groups in total. The van der Waals surface area contributed by atoms with Gasteiger partial charge in [0.2, 0.25) is 5.88 Å². The van der Waals surface area contributed by atoms with Crippen molar-refractivity contribution in [3.8, 4) is 5.88 Å². The van der Waals surface area contributed by atoms with Crippen LogP contribution >= 0.6 is 0 Å². The molecule has 1 aromatic rings. The van der Waals surface area contributed by atoms with Crippen molar-refractivity contribution in [3.63, 3.8) is 0 Å². The Morgan fingerprint density at radius 2 is 2.05 bits per heavy atom. The molecule has 1 aromatic heterocycles. The van der Waals surface area contributed by atoms with Gasteiger partial charge in [-0.15, -0.1) is 13.2 Å². The van der Waals surface area contributed by atoms with Crippen LogP contribution < -0.4 is 4.74 Å². The van der Waals surface area contributed by atoms with E-state index in [9.17, 15) is 36.9 Å². The normalized spacial score (nSPS) is 11.4. The van der Waals surface area contributed by atoms with Crippen LogP contribution in [0.1, 0.15) is 29.4 Å². The lowest BCUT2D eigenvalue weighted by Crippen LogP contribution is -2.20. The number of pyridine rings is 1. The van der Waals surface area contributed by atoms with E-state index in [0.29, 0.717) is 0 Å². The van der Waals surface area contributed by atoms with Gasteiger partial charge in [0.1, 0.15) is 5.69 Å². The lowest BCUT2D eigenvalue weighted by Gasteiger charge is -2.12. The molecule has 0 spiro atoms. The average molecular weight is 330 g/mol. The first-order chi connectivity index (χ1) is 10.1. The number of alkyl halides is 5. The SMILES string of the molecule is CCOC(=O)c1c([N+](=O)[O-])cc(OC(F)(F)F)nc1C(F)F. The van der Waals surface area contributed by atoms with Crippen LogP contribution in [0.2, 0.25) is 0 Å². The van der Waals surface area contributed by atoms with Crippen LogP contribution in [0.5, 0.6) is 5.88 Å². The van der Waals surface area contributed by atoms with Gasteiger partial charge < -0.3 is 9.47 Å². The summed E-state index contributed by atoms with van der Waals surface area (Å²) in [7, 11) is 0. The molecule has 7 nitrogen and oxygen atoms in total. The van der Waals surface area contributed by atoms with Crippen molar-refractivity contribution in [1.82, 2.24) is 4.98 Å². The Bertz CT molecular complexity index is 590. The molecule has 22 heavy (non-hydrogen) atoms. The number of esters is 1. The third kappa shape index (κ3) is 4.23. The summed E-state index contributed by atoms with van der Waals surface area (Å²) in [5.74, 6) is -2.99. The Hall–Kier alpha value is -2.53. The molecule has 0 saturated carbocycles. The Kier molecular flexibility index (Phi) is 5.17. The van der Waals surface area contributed by atoms with Gasteiger partial charge in [0, 0.05) is 0 Å². The van der Waals surface area contributed by atoms with E-state index in [2.05, 4.69) is 14.5 Å². The van der Waals surface area contributed by atoms with Crippen LogP contribution in [-0.4, -0.2) is 28.8 Å². The molecule has 0 unspecified atom stereocenters. The van der Waals surface area contributed by atoms with Crippen LogP contribution in [0.15, 0.2) is 6.07 Å². The maximum absolute atomic E-state index is 12.9. The molecule has 0 aliphatic heterocycles. The molecular weight excluding hydrogens is 323 g/mol. The molecule has 0 saturated heterocycles. The van der Waals surface area contributed by atoms with Crippen LogP contribution in [0.25, 0.3) is 0 Å². The third-order valence-corrected chi connectivity index (χ3v) is 2.11. The zero-order valence-electron chi connectivity index (χ0n) is 10.7. The fourth-order valence-corrected chi connectivity index (χ4v) is 1.41. The number of hydrogen-bond acceptors (Lipinski definition) is 6. The van der Waals surface area contributed by atoms with Gasteiger partial charge in [-0.1, -0.05) is 0 Å². The zero-order chi connectivity index (χ0) is 17.1. The first-order valence-corrected chi connectivity index (χ1v) is 5.47. The number of rotatable bonds is 5. The fraction of sp³-hybridized carbons (Fsp3) is 0.400. The fourth-order valence-electron chi connectivity index (χ4n) is 1.41. The summed E-state index contributed by atoms with van der Waals surface area (Å²) in [6, 6.07) is 0.117. The van der Waals surface area contributed by atoms with Gasteiger partial charge in [-0.2, -0.15) is 0 Å². The summed E-state index contributed by atoms with van der Waals surface area (Å²) in [5.41, 5.74) is -4.09. The molecule has 0 fully saturated rings. The summed E-state index contributed by atoms with van der Waals surface area (Å²) in [6.45, 7) is 1.01. The van der Waals surface area contributed by atoms with Gasteiger partial charge in [-0.25, -0.2) is 18.6 Å². The van der Waals surface area contributed by atoms with Crippen LogP contribution in [-0.2, 0) is 4.74 Å². The van der Waals surface area contributed by atoms with Crippen molar-refractivity contribution in [1.29, 1.82) is 0 Å². The second-order valence-corrected chi connectivity index (χ2v) is 3.57. The molecule has 0 bridgehead atoms. The van der Waals surface area contributed by atoms with E-state index < -0.39 is 46.5 Å². The van der Waals surface area contributed by atoms with Crippen molar-refractivity contribution in [3.05, 3.63) is 27.4 Å². The van der Waals surface area contributed by atoms with Crippen molar-refractivity contribution in [2.45, 2.75) is 19.7 Å². The second-order valence-electron chi connectivity index (χ2n) is 3.57. The van der Waals surface area contributed by atoms with Gasteiger partial charge in [0.25, 0.3) is 12.1 Å². The maximum atomic E-state index is 12.9. The second kappa shape index (κ2) is 6.49. The summed E-state index contributed by atoms with van der Waals surface area (Å²) in [6.07, 6.45) is -8.86. The molecule has 1 rings (SSSR count). The highest BCUT2D eigenvalue weighted by atomic mass is 19.4. The van der Waals surface area contributed by atoms with E-state index in [0.717, 1.165) is 0 Å². The molecule has 12 heteroatoms. The van der Waals surface area contributed by atoms with Crippen molar-refractivity contribution in [2.75, 3.05) is 6.61 Å². The number of nitro groups is 1. The highest BCUT2D eigenvalue weighted by Gasteiger charge is 2.37. The molecule has 0 radical (unpaired) electrons. The highest BCUT2D eigenvalue weighted by Crippen LogP contribution is 2.34. The quantitative estimate of drug-likeness (QED) is 0.357. The van der Waals surface area contributed by atoms with E-state index in [-0.39, 0.29) is 12.7 Å². The Morgan fingerprint density at radius 1 is 1.45 bits per heavy atom. The van der Waals surface area contributed by atoms with Gasteiger partial charge >= 0.3 is 12.3 Å². The summed E-state index contributed by atoms with van der Waals surface area (Å²) < 4.78 is 69.6. The van der Waals surface area contributed by atoms with E-state index in [4.69, 9.17) is 0 Å². The lowest BCUT2D eigenvalue weighted by molar-refractivity contribution is -0.385. The molecule has 0 amide bonds. The largest absolute Gasteiger partial charge is 0.574 e. The number of halogens is 5. The van der Waals surface area contributed by atoms with Gasteiger partial charge in [0.15, 0.2) is 5.56 Å². The minimum absolute atomic E-state index is 0.117. The first-order valence-electron chi connectivity index (χ1n) is 5.47. The predicted octanol–water partition coefficient (Wildman–Crippen LogP) is 3.00. The number of carbonyl (C=O) groups is 1. The standard InChI is InChI=1S/C10H7F5N2O5/c1-2-21-9(18)6-4(17(19)20)3-5(22-10(13,14)15)16-7(6)8(11)12/h3,8H,2H2,1H3. The lowest BCUT2D eigenvalue weighted by atomic mass is 10.1. The minimum Gasteiger partial charge on any atom is -0.462 e. The number of carbonyl (C=O) groups excluding carboxylic acids is 1. The first kappa shape index (κ1) is 17.5. The predicted molar refractivity (Wildman–Crippen MR) is 58.5 cm³/mol. The smallest absolute Gasteiger partial charge is 0.462 e. The Morgan fingerprint density at radius 3 is 2.45 bits per heavy atom. The number of aromatic nitrogens is 1. The highest BCUT2D eigenvalue weighted by molar-refractivity contribution is 5.95. The monoisotopic (exact) mass is 330 g/mol. The maximum Gasteiger partial charge on any atom is 0.574 e. The van der Waals surface area contributed by atoms with E-state index in [1.807, 2.05) is 0 Å². The Balaban J connectivity index is 3.53. The van der Waals surface area contributed by atoms with Gasteiger partial charge in [-0.3, -0.25) is 10.1 Å². The molecular formula is C10H7F5N2O5. The molecule has 0 atom stereocenters. The van der Waals surface area contributed by atoms with Crippen molar-refractivity contribution < 1.29 is 41.1 Å². The van der Waals surface area contributed by atoms with E-state index in [1.54, 1.807) is 0 Å². The summed E-state index contributed by atoms with van der Waals surface area (Å²) in [4.78, 5) is 23.8. The minimum atomic E-state index is -5.30. The molecule has 0 aliphatic rings. The Labute approximate surface area is 118 Å². The van der Waals surface area contributed by atoms with Crippen molar-refractivity contribution in [2.24, 2.45) is 0 Å². The number of hydrogen-bond donors (Lipinski definition) is 0. The number of nitrogens with zero attached hydrogens (tertiary/aromatic N) is 2. The number of ether oxygens (including phenoxy) is 2. The third-order valence-electron chi connectivity index (χ3n) is 2.11. The molecule has 0 aliphatic carbocycles. The van der Waals surface area contributed by atoms with Crippen molar-refractivity contribution >= 4 is 11.7 Å². The van der Waals surface area contributed by atoms with Gasteiger partial charge in [0.05, 0.1) is 17.6 Å². The van der Waals surface area contributed by atoms with E-state index in [1.165, 1.54) is 6.92 Å². The van der Waals surface area contributed by atoms with Crippen LogP contribution in [0.4, 0.5) is 27.6 Å². The average Bonchev–Trinajstić information content (AvgIpc) is 2.35. The topological polar surface area (TPSA) is 91.6 Å². The van der Waals surface area contributed by atoms with Gasteiger partial charge in [-0.05, 0) is 6.92 Å². The molecule has 0 aromatic carbocycles. The summed E-state index contributed by atoms with van der Waals surface area (Å²) >= 11 is 0. The van der Waals surface area contributed by atoms with Crippen LogP contribution in [0, 0.1) is 10.1 Å². The molecule has 1 heterocycles. The zero-order valence-corrected chi connectivity index (χ0v) is 10.7.